The lowest BCUT2D eigenvalue weighted by atomic mass is 10.3. The van der Waals surface area contributed by atoms with Gasteiger partial charge in [-0.25, -0.2) is 8.42 Å². The Morgan fingerprint density at radius 3 is 2.77 bits per heavy atom. The molecule has 1 N–H and O–H groups in total. The summed E-state index contributed by atoms with van der Waals surface area (Å²) in [5.74, 6) is 0.275. The molecule has 0 amide bonds. The third-order valence-corrected chi connectivity index (χ3v) is 4.44. The van der Waals surface area contributed by atoms with Crippen LogP contribution in [0.4, 0.5) is 0 Å². The largest absolute Gasteiger partial charge is 0.314 e. The Balaban J connectivity index is 2.68. The summed E-state index contributed by atoms with van der Waals surface area (Å²) in [6.45, 7) is 5.99. The fourth-order valence-electron chi connectivity index (χ4n) is 1.61. The van der Waals surface area contributed by atoms with Crippen molar-refractivity contribution in [3.63, 3.8) is 0 Å². The maximum Gasteiger partial charge on any atom is 0.214 e. The minimum absolute atomic E-state index is 0.102. The van der Waals surface area contributed by atoms with Crippen LogP contribution in [0.2, 0.25) is 0 Å². The molecule has 0 radical (unpaired) electrons. The van der Waals surface area contributed by atoms with Crippen LogP contribution in [0.15, 0.2) is 0 Å². The van der Waals surface area contributed by atoms with Crippen LogP contribution < -0.4 is 5.32 Å². The van der Waals surface area contributed by atoms with Crippen LogP contribution in [-0.2, 0) is 10.0 Å². The van der Waals surface area contributed by atoms with Crippen molar-refractivity contribution in [1.82, 2.24) is 9.62 Å². The molecule has 0 aromatic heterocycles. The quantitative estimate of drug-likeness (QED) is 0.708. The van der Waals surface area contributed by atoms with Crippen molar-refractivity contribution in [2.24, 2.45) is 0 Å². The van der Waals surface area contributed by atoms with Gasteiger partial charge in [-0.15, -0.1) is 0 Å². The summed E-state index contributed by atoms with van der Waals surface area (Å²) in [5.41, 5.74) is 0. The highest BCUT2D eigenvalue weighted by atomic mass is 32.2. The Morgan fingerprint density at radius 1 is 1.54 bits per heavy atom. The lowest BCUT2D eigenvalue weighted by molar-refractivity contribution is 0.284. The van der Waals surface area contributed by atoms with Crippen LogP contribution in [0.3, 0.4) is 0 Å². The first-order chi connectivity index (χ1) is 6.08. The molecule has 1 aliphatic rings. The van der Waals surface area contributed by atoms with E-state index in [0.717, 1.165) is 13.1 Å². The van der Waals surface area contributed by atoms with E-state index in [1.165, 1.54) is 0 Å². The van der Waals surface area contributed by atoms with Crippen molar-refractivity contribution < 1.29 is 8.42 Å². The fourth-order valence-corrected chi connectivity index (χ4v) is 3.35. The number of sulfonamides is 1. The monoisotopic (exact) mass is 206 g/mol. The standard InChI is InChI=1S/C8H18N2O2S/c1-3-6-13(11,12)10-5-4-9-7-8(10)2/h8-9H,3-7H2,1-2H3/t8-/m1/s1. The second-order valence-corrected chi connectivity index (χ2v) is 5.52. The van der Waals surface area contributed by atoms with Crippen LogP contribution in [-0.4, -0.2) is 44.2 Å². The van der Waals surface area contributed by atoms with Crippen molar-refractivity contribution >= 4 is 10.0 Å². The molecule has 1 atom stereocenters. The van der Waals surface area contributed by atoms with Gasteiger partial charge in [-0.2, -0.15) is 4.31 Å². The number of nitrogens with one attached hydrogen (secondary N) is 1. The molecule has 0 unspecified atom stereocenters. The summed E-state index contributed by atoms with van der Waals surface area (Å²) in [6, 6.07) is 0.102. The molecule has 0 aromatic rings. The predicted octanol–water partition coefficient (Wildman–Crippen LogP) is 0.0199. The lowest BCUT2D eigenvalue weighted by Gasteiger charge is -2.32. The normalized spacial score (nSPS) is 26.2. The van der Waals surface area contributed by atoms with Gasteiger partial charge in [0, 0.05) is 25.7 Å². The molecule has 78 valence electrons. The topological polar surface area (TPSA) is 49.4 Å². The van der Waals surface area contributed by atoms with Crippen molar-refractivity contribution in [2.75, 3.05) is 25.4 Å². The highest BCUT2D eigenvalue weighted by Gasteiger charge is 2.28. The van der Waals surface area contributed by atoms with Gasteiger partial charge in [-0.05, 0) is 13.3 Å². The summed E-state index contributed by atoms with van der Waals surface area (Å²) in [4.78, 5) is 0. The van der Waals surface area contributed by atoms with Gasteiger partial charge in [0.2, 0.25) is 10.0 Å². The van der Waals surface area contributed by atoms with Gasteiger partial charge in [0.05, 0.1) is 5.75 Å². The molecule has 0 spiro atoms. The molecule has 1 heterocycles. The summed E-state index contributed by atoms with van der Waals surface area (Å²) in [6.07, 6.45) is 0.693. The SMILES string of the molecule is CCCS(=O)(=O)N1CCNC[C@H]1C. The van der Waals surface area contributed by atoms with E-state index >= 15 is 0 Å². The zero-order valence-corrected chi connectivity index (χ0v) is 9.10. The zero-order valence-electron chi connectivity index (χ0n) is 8.28. The van der Waals surface area contributed by atoms with E-state index in [1.807, 2.05) is 13.8 Å². The Bertz CT molecular complexity index is 251. The van der Waals surface area contributed by atoms with Gasteiger partial charge < -0.3 is 5.32 Å². The molecule has 1 aliphatic heterocycles. The maximum absolute atomic E-state index is 11.7. The van der Waals surface area contributed by atoms with E-state index in [4.69, 9.17) is 0 Å². The van der Waals surface area contributed by atoms with Crippen LogP contribution >= 0.6 is 0 Å². The van der Waals surface area contributed by atoms with Crippen LogP contribution in [0.1, 0.15) is 20.3 Å². The third kappa shape index (κ3) is 2.65. The molecule has 1 saturated heterocycles. The van der Waals surface area contributed by atoms with Gasteiger partial charge in [0.15, 0.2) is 0 Å². The first-order valence-corrected chi connectivity index (χ1v) is 6.39. The average Bonchev–Trinajstić information content (AvgIpc) is 2.04. The summed E-state index contributed by atoms with van der Waals surface area (Å²) >= 11 is 0. The van der Waals surface area contributed by atoms with Crippen LogP contribution in [0.5, 0.6) is 0 Å². The molecule has 4 nitrogen and oxygen atoms in total. The van der Waals surface area contributed by atoms with E-state index in [0.29, 0.717) is 13.0 Å². The third-order valence-electron chi connectivity index (χ3n) is 2.26. The fraction of sp³-hybridized carbons (Fsp3) is 1.00. The Hall–Kier alpha value is -0.130. The van der Waals surface area contributed by atoms with Crippen molar-refractivity contribution in [3.05, 3.63) is 0 Å². The molecule has 5 heteroatoms. The maximum atomic E-state index is 11.7. The molecule has 0 aromatic carbocycles. The smallest absolute Gasteiger partial charge is 0.214 e. The summed E-state index contributed by atoms with van der Waals surface area (Å²) in [7, 11) is -2.99. The lowest BCUT2D eigenvalue weighted by Crippen LogP contribution is -2.52. The van der Waals surface area contributed by atoms with Gasteiger partial charge >= 0.3 is 0 Å². The number of hydrogen-bond acceptors (Lipinski definition) is 3. The molecular weight excluding hydrogens is 188 g/mol. The van der Waals surface area contributed by atoms with E-state index < -0.39 is 10.0 Å². The highest BCUT2D eigenvalue weighted by molar-refractivity contribution is 7.89. The van der Waals surface area contributed by atoms with Gasteiger partial charge in [-0.1, -0.05) is 6.92 Å². The first-order valence-electron chi connectivity index (χ1n) is 4.78. The second kappa shape index (κ2) is 4.39. The molecule has 13 heavy (non-hydrogen) atoms. The van der Waals surface area contributed by atoms with E-state index in [2.05, 4.69) is 5.32 Å². The number of rotatable bonds is 3. The number of nitrogens with zero attached hydrogens (tertiary/aromatic N) is 1. The van der Waals surface area contributed by atoms with Gasteiger partial charge in [0.1, 0.15) is 0 Å². The van der Waals surface area contributed by atoms with Gasteiger partial charge in [-0.3, -0.25) is 0 Å². The summed E-state index contributed by atoms with van der Waals surface area (Å²) < 4.78 is 25.0. The Kier molecular flexibility index (Phi) is 3.70. The Labute approximate surface area is 80.4 Å². The van der Waals surface area contributed by atoms with Crippen LogP contribution in [0.25, 0.3) is 0 Å². The van der Waals surface area contributed by atoms with Crippen molar-refractivity contribution in [3.8, 4) is 0 Å². The molecule has 0 aliphatic carbocycles. The predicted molar refractivity (Wildman–Crippen MR) is 53.1 cm³/mol. The zero-order chi connectivity index (χ0) is 9.90. The minimum Gasteiger partial charge on any atom is -0.314 e. The van der Waals surface area contributed by atoms with E-state index in [1.54, 1.807) is 4.31 Å². The second-order valence-electron chi connectivity index (χ2n) is 3.48. The van der Waals surface area contributed by atoms with Gasteiger partial charge in [0.25, 0.3) is 0 Å². The molecule has 0 bridgehead atoms. The molecule has 1 fully saturated rings. The van der Waals surface area contributed by atoms with Crippen molar-refractivity contribution in [1.29, 1.82) is 0 Å². The average molecular weight is 206 g/mol. The molecule has 0 saturated carbocycles. The highest BCUT2D eigenvalue weighted by Crippen LogP contribution is 2.10. The van der Waals surface area contributed by atoms with E-state index in [9.17, 15) is 8.42 Å². The molecular formula is C8H18N2O2S. The number of hydrogen-bond donors (Lipinski definition) is 1. The summed E-state index contributed by atoms with van der Waals surface area (Å²) in [5, 5.41) is 3.17. The molecule has 1 rings (SSSR count). The number of piperazine rings is 1. The van der Waals surface area contributed by atoms with Crippen LogP contribution in [0, 0.1) is 0 Å². The Morgan fingerprint density at radius 2 is 2.23 bits per heavy atom. The first kappa shape index (κ1) is 10.9. The van der Waals surface area contributed by atoms with E-state index in [-0.39, 0.29) is 11.8 Å². The minimum atomic E-state index is -2.99. The van der Waals surface area contributed by atoms with Crippen molar-refractivity contribution in [2.45, 2.75) is 26.3 Å².